The Bertz CT molecular complexity index is 712. The average molecular weight is 322 g/mol. The smallest absolute Gasteiger partial charge is 0.213 e. The van der Waals surface area contributed by atoms with Crippen LogP contribution in [0.5, 0.6) is 5.88 Å². The maximum Gasteiger partial charge on any atom is 0.213 e. The van der Waals surface area contributed by atoms with Gasteiger partial charge in [0.2, 0.25) is 5.88 Å². The van der Waals surface area contributed by atoms with Crippen LogP contribution in [0.2, 0.25) is 0 Å². The molecule has 2 heterocycles. The first-order chi connectivity index (χ1) is 11.6. The van der Waals surface area contributed by atoms with Crippen LogP contribution in [0.25, 0.3) is 0 Å². The zero-order valence-electron chi connectivity index (χ0n) is 14.4. The molecule has 0 aliphatic carbocycles. The Morgan fingerprint density at radius 3 is 2.75 bits per heavy atom. The summed E-state index contributed by atoms with van der Waals surface area (Å²) in [7, 11) is 2.17. The van der Waals surface area contributed by atoms with Gasteiger partial charge in [-0.2, -0.15) is 0 Å². The van der Waals surface area contributed by atoms with Gasteiger partial charge in [-0.3, -0.25) is 4.79 Å². The maximum absolute atomic E-state index is 11.5. The predicted octanol–water partition coefficient (Wildman–Crippen LogP) is 2.59. The van der Waals surface area contributed by atoms with Gasteiger partial charge in [0.05, 0.1) is 0 Å². The molecule has 0 N–H and O–H groups in total. The Balaban J connectivity index is 1.64. The molecular formula is C19H23BN2O2. The van der Waals surface area contributed by atoms with Crippen molar-refractivity contribution in [2.24, 2.45) is 0 Å². The summed E-state index contributed by atoms with van der Waals surface area (Å²) < 4.78 is 5.85. The summed E-state index contributed by atoms with van der Waals surface area (Å²) in [5, 5.41) is 0. The molecule has 0 unspecified atom stereocenters. The Kier molecular flexibility index (Phi) is 5.31. The molecule has 5 heteroatoms. The number of carbonyl (C=O) groups excluding carboxylic acids is 1. The minimum Gasteiger partial charge on any atom is -0.473 e. The number of hydrogen-bond acceptors (Lipinski definition) is 4. The number of hydrogen-bond donors (Lipinski definition) is 0. The minimum atomic E-state index is 0.0687. The van der Waals surface area contributed by atoms with Crippen molar-refractivity contribution in [3.63, 3.8) is 0 Å². The molecule has 1 fully saturated rings. The van der Waals surface area contributed by atoms with E-state index in [9.17, 15) is 4.79 Å². The van der Waals surface area contributed by atoms with Gasteiger partial charge in [-0.1, -0.05) is 24.3 Å². The van der Waals surface area contributed by atoms with E-state index in [-0.39, 0.29) is 5.78 Å². The van der Waals surface area contributed by atoms with Crippen molar-refractivity contribution < 1.29 is 9.53 Å². The van der Waals surface area contributed by atoms with E-state index in [2.05, 4.69) is 23.8 Å². The number of aromatic nitrogens is 1. The molecule has 1 aromatic carbocycles. The summed E-state index contributed by atoms with van der Waals surface area (Å²) >= 11 is 0. The van der Waals surface area contributed by atoms with E-state index in [1.807, 2.05) is 36.4 Å². The standard InChI is InChI=1S/C19H23BN2O2/c1-14(23)17-5-2-4-15(12-17)13-24-19-7-3-6-18(21-19)16-8-10-22(20)11-9-16/h2-7,12,16H,8-11,13,20H2,1H3. The largest absolute Gasteiger partial charge is 0.473 e. The lowest BCUT2D eigenvalue weighted by Gasteiger charge is -2.29. The van der Waals surface area contributed by atoms with Gasteiger partial charge in [-0.15, -0.1) is 0 Å². The summed E-state index contributed by atoms with van der Waals surface area (Å²) in [5.41, 5.74) is 2.82. The molecule has 1 aliphatic rings. The first-order valence-electron chi connectivity index (χ1n) is 8.50. The number of piperidine rings is 1. The molecule has 2 aromatic rings. The van der Waals surface area contributed by atoms with Gasteiger partial charge < -0.3 is 9.55 Å². The fraction of sp³-hybridized carbons (Fsp3) is 0.368. The lowest BCUT2D eigenvalue weighted by molar-refractivity contribution is 0.101. The van der Waals surface area contributed by atoms with Crippen molar-refractivity contribution in [2.45, 2.75) is 32.3 Å². The Morgan fingerprint density at radius 2 is 2.00 bits per heavy atom. The summed E-state index contributed by atoms with van der Waals surface area (Å²) in [5.74, 6) is 1.24. The van der Waals surface area contributed by atoms with Crippen LogP contribution in [-0.2, 0) is 6.61 Å². The van der Waals surface area contributed by atoms with E-state index < -0.39 is 0 Å². The van der Waals surface area contributed by atoms with E-state index >= 15 is 0 Å². The fourth-order valence-electron chi connectivity index (χ4n) is 3.08. The molecule has 0 bridgehead atoms. The normalized spacial score (nSPS) is 16.0. The highest BCUT2D eigenvalue weighted by Gasteiger charge is 2.19. The Morgan fingerprint density at radius 1 is 1.25 bits per heavy atom. The molecule has 1 aliphatic heterocycles. The molecule has 0 spiro atoms. The van der Waals surface area contributed by atoms with Gasteiger partial charge in [0.1, 0.15) is 6.61 Å². The van der Waals surface area contributed by atoms with E-state index in [0.717, 1.165) is 37.2 Å². The van der Waals surface area contributed by atoms with Crippen LogP contribution in [0, 0.1) is 0 Å². The van der Waals surface area contributed by atoms with Crippen molar-refractivity contribution in [3.05, 3.63) is 59.3 Å². The van der Waals surface area contributed by atoms with Gasteiger partial charge in [0.15, 0.2) is 13.8 Å². The monoisotopic (exact) mass is 322 g/mol. The third-order valence-electron chi connectivity index (χ3n) is 4.60. The first kappa shape index (κ1) is 16.7. The highest BCUT2D eigenvalue weighted by Crippen LogP contribution is 2.27. The van der Waals surface area contributed by atoms with Crippen LogP contribution in [0.15, 0.2) is 42.5 Å². The second kappa shape index (κ2) is 7.62. The minimum absolute atomic E-state index is 0.0687. The Hall–Kier alpha value is -2.14. The van der Waals surface area contributed by atoms with Gasteiger partial charge in [0.25, 0.3) is 0 Å². The molecule has 0 atom stereocenters. The topological polar surface area (TPSA) is 42.4 Å². The van der Waals surface area contributed by atoms with Crippen LogP contribution in [-0.4, -0.2) is 36.6 Å². The summed E-state index contributed by atoms with van der Waals surface area (Å²) in [6.07, 6.45) is 2.29. The van der Waals surface area contributed by atoms with E-state index in [0.29, 0.717) is 24.0 Å². The number of ether oxygens (including phenoxy) is 1. The predicted molar refractivity (Wildman–Crippen MR) is 97.1 cm³/mol. The van der Waals surface area contributed by atoms with Crippen molar-refractivity contribution >= 4 is 13.8 Å². The lowest BCUT2D eigenvalue weighted by Crippen LogP contribution is -2.30. The Labute approximate surface area is 144 Å². The summed E-state index contributed by atoms with van der Waals surface area (Å²) in [6, 6.07) is 13.6. The molecule has 1 aromatic heterocycles. The fourth-order valence-corrected chi connectivity index (χ4v) is 3.08. The van der Waals surface area contributed by atoms with Crippen LogP contribution < -0.4 is 4.74 Å². The highest BCUT2D eigenvalue weighted by molar-refractivity contribution is 6.04. The molecular weight excluding hydrogens is 299 g/mol. The van der Waals surface area contributed by atoms with Crippen molar-refractivity contribution in [3.8, 4) is 5.88 Å². The number of pyridine rings is 1. The SMILES string of the molecule is BN1CCC(c2cccc(OCc3cccc(C(C)=O)c3)n2)CC1. The van der Waals surface area contributed by atoms with Crippen molar-refractivity contribution in [2.75, 3.05) is 13.1 Å². The summed E-state index contributed by atoms with van der Waals surface area (Å²) in [4.78, 5) is 18.5. The lowest BCUT2D eigenvalue weighted by atomic mass is 9.92. The molecule has 0 amide bonds. The van der Waals surface area contributed by atoms with Gasteiger partial charge >= 0.3 is 0 Å². The van der Waals surface area contributed by atoms with E-state index in [4.69, 9.17) is 4.74 Å². The molecule has 0 saturated carbocycles. The highest BCUT2D eigenvalue weighted by atomic mass is 16.5. The van der Waals surface area contributed by atoms with Crippen molar-refractivity contribution in [1.29, 1.82) is 0 Å². The van der Waals surface area contributed by atoms with Gasteiger partial charge in [-0.25, -0.2) is 4.98 Å². The number of carbonyl (C=O) groups is 1. The van der Waals surface area contributed by atoms with E-state index in [1.54, 1.807) is 6.92 Å². The van der Waals surface area contributed by atoms with Gasteiger partial charge in [-0.05, 0) is 50.6 Å². The average Bonchev–Trinajstić information content (AvgIpc) is 2.61. The van der Waals surface area contributed by atoms with Gasteiger partial charge in [0, 0.05) is 23.2 Å². The summed E-state index contributed by atoms with van der Waals surface area (Å²) in [6.45, 7) is 4.24. The third-order valence-corrected chi connectivity index (χ3v) is 4.60. The zero-order valence-corrected chi connectivity index (χ0v) is 14.4. The number of benzene rings is 1. The zero-order chi connectivity index (χ0) is 16.9. The molecule has 1 saturated heterocycles. The van der Waals surface area contributed by atoms with E-state index in [1.165, 1.54) is 0 Å². The maximum atomic E-state index is 11.5. The van der Waals surface area contributed by atoms with Crippen molar-refractivity contribution in [1.82, 2.24) is 9.79 Å². The number of Topliss-reactive ketones (excluding diaryl/α,β-unsaturated/α-hetero) is 1. The molecule has 24 heavy (non-hydrogen) atoms. The second-order valence-corrected chi connectivity index (χ2v) is 6.52. The molecule has 4 nitrogen and oxygen atoms in total. The van der Waals surface area contributed by atoms with Crippen LogP contribution in [0.4, 0.5) is 0 Å². The number of ketones is 1. The van der Waals surface area contributed by atoms with Crippen LogP contribution in [0.3, 0.4) is 0 Å². The third kappa shape index (κ3) is 4.23. The quantitative estimate of drug-likeness (QED) is 0.627. The molecule has 3 rings (SSSR count). The first-order valence-corrected chi connectivity index (χ1v) is 8.50. The number of nitrogens with zero attached hydrogens (tertiary/aromatic N) is 2. The number of rotatable bonds is 5. The molecule has 0 radical (unpaired) electrons. The second-order valence-electron chi connectivity index (χ2n) is 6.52. The van der Waals surface area contributed by atoms with Crippen LogP contribution >= 0.6 is 0 Å². The molecule has 124 valence electrons. The van der Waals surface area contributed by atoms with Crippen LogP contribution in [0.1, 0.15) is 47.3 Å².